The minimum Gasteiger partial charge on any atom is -0.377 e. The van der Waals surface area contributed by atoms with E-state index in [9.17, 15) is 0 Å². The summed E-state index contributed by atoms with van der Waals surface area (Å²) in [6.45, 7) is 6.82. The van der Waals surface area contributed by atoms with Crippen LogP contribution in [0, 0.1) is 5.92 Å². The summed E-state index contributed by atoms with van der Waals surface area (Å²) in [5.74, 6) is 0.479. The molecular weight excluding hydrogens is 114 g/mol. The third-order valence-corrected chi connectivity index (χ3v) is 2.09. The molecule has 0 aliphatic heterocycles. The summed E-state index contributed by atoms with van der Waals surface area (Å²) in [5, 5.41) is 0. The molecule has 2 heteroatoms. The van der Waals surface area contributed by atoms with Crippen LogP contribution >= 0.6 is 0 Å². The van der Waals surface area contributed by atoms with Crippen LogP contribution < -0.4 is 5.73 Å². The van der Waals surface area contributed by atoms with E-state index in [0.717, 1.165) is 0 Å². The van der Waals surface area contributed by atoms with Gasteiger partial charge in [-0.05, 0) is 12.8 Å². The molecule has 2 nitrogen and oxygen atoms in total. The lowest BCUT2D eigenvalue weighted by molar-refractivity contribution is -0.0240. The van der Waals surface area contributed by atoms with Crippen molar-refractivity contribution in [3.05, 3.63) is 0 Å². The molecule has 2 N–H and O–H groups in total. The summed E-state index contributed by atoms with van der Waals surface area (Å²) in [6.07, 6.45) is 0. The number of nitrogens with two attached hydrogens (primary N) is 1. The van der Waals surface area contributed by atoms with Crippen LogP contribution in [0.2, 0.25) is 0 Å². The Morgan fingerprint density at radius 2 is 2.00 bits per heavy atom. The van der Waals surface area contributed by atoms with Crippen molar-refractivity contribution in [3.63, 3.8) is 0 Å². The van der Waals surface area contributed by atoms with Crippen molar-refractivity contribution in [2.45, 2.75) is 26.4 Å². The van der Waals surface area contributed by atoms with Gasteiger partial charge in [0.15, 0.2) is 0 Å². The van der Waals surface area contributed by atoms with Gasteiger partial charge in [-0.3, -0.25) is 0 Å². The first-order valence-electron chi connectivity index (χ1n) is 3.32. The van der Waals surface area contributed by atoms with E-state index >= 15 is 0 Å². The average Bonchev–Trinajstić information content (AvgIpc) is 1.86. The highest BCUT2D eigenvalue weighted by molar-refractivity contribution is 4.78. The molecule has 0 fully saturated rings. The van der Waals surface area contributed by atoms with E-state index in [1.54, 1.807) is 7.11 Å². The normalized spacial score (nSPS) is 18.0. The molecule has 0 aliphatic rings. The quantitative estimate of drug-likeness (QED) is 0.620. The fraction of sp³-hybridized carbons (Fsp3) is 1.00. The van der Waals surface area contributed by atoms with Crippen LogP contribution in [-0.2, 0) is 4.74 Å². The van der Waals surface area contributed by atoms with E-state index < -0.39 is 0 Å². The van der Waals surface area contributed by atoms with Crippen LogP contribution in [0.5, 0.6) is 0 Å². The Morgan fingerprint density at radius 3 is 2.00 bits per heavy atom. The maximum absolute atomic E-state index is 5.49. The minimum atomic E-state index is -0.139. The zero-order chi connectivity index (χ0) is 7.49. The molecule has 0 rings (SSSR count). The molecule has 0 heterocycles. The van der Waals surface area contributed by atoms with Crippen LogP contribution in [0.3, 0.4) is 0 Å². The second kappa shape index (κ2) is 3.18. The second-order valence-corrected chi connectivity index (χ2v) is 2.88. The average molecular weight is 131 g/mol. The van der Waals surface area contributed by atoms with Crippen molar-refractivity contribution in [2.24, 2.45) is 11.7 Å². The van der Waals surface area contributed by atoms with E-state index in [0.29, 0.717) is 12.5 Å². The highest BCUT2D eigenvalue weighted by atomic mass is 16.5. The maximum Gasteiger partial charge on any atom is 0.0795 e. The molecule has 0 saturated heterocycles. The molecule has 9 heavy (non-hydrogen) atoms. The lowest BCUT2D eigenvalue weighted by atomic mass is 9.93. The van der Waals surface area contributed by atoms with Gasteiger partial charge in [0.1, 0.15) is 0 Å². The highest BCUT2D eigenvalue weighted by Gasteiger charge is 2.25. The molecule has 1 atom stereocenters. The van der Waals surface area contributed by atoms with Gasteiger partial charge in [-0.15, -0.1) is 0 Å². The summed E-state index contributed by atoms with van der Waals surface area (Å²) < 4.78 is 5.22. The van der Waals surface area contributed by atoms with E-state index in [1.807, 2.05) is 6.92 Å². The first-order valence-corrected chi connectivity index (χ1v) is 3.32. The van der Waals surface area contributed by atoms with Crippen LogP contribution in [0.15, 0.2) is 0 Å². The molecule has 0 radical (unpaired) electrons. The van der Waals surface area contributed by atoms with E-state index in [-0.39, 0.29) is 5.60 Å². The summed E-state index contributed by atoms with van der Waals surface area (Å²) in [5.41, 5.74) is 5.35. The number of methoxy groups -OCH3 is 1. The van der Waals surface area contributed by atoms with Gasteiger partial charge >= 0.3 is 0 Å². The first-order chi connectivity index (χ1) is 4.06. The number of hydrogen-bond donors (Lipinski definition) is 1. The van der Waals surface area contributed by atoms with Gasteiger partial charge in [0.25, 0.3) is 0 Å². The molecule has 0 bridgehead atoms. The zero-order valence-corrected chi connectivity index (χ0v) is 6.77. The van der Waals surface area contributed by atoms with Gasteiger partial charge < -0.3 is 10.5 Å². The Morgan fingerprint density at radius 1 is 1.56 bits per heavy atom. The first kappa shape index (κ1) is 8.92. The fourth-order valence-corrected chi connectivity index (χ4v) is 0.555. The SMILES string of the molecule is CO[C@@](C)(CN)C(C)C. The molecular formula is C7H17NO. The molecule has 0 aliphatic carbocycles. The lowest BCUT2D eigenvalue weighted by Crippen LogP contribution is -2.41. The maximum atomic E-state index is 5.49. The van der Waals surface area contributed by atoms with E-state index in [1.165, 1.54) is 0 Å². The molecule has 0 aromatic rings. The highest BCUT2D eigenvalue weighted by Crippen LogP contribution is 2.17. The van der Waals surface area contributed by atoms with Crippen molar-refractivity contribution in [3.8, 4) is 0 Å². The van der Waals surface area contributed by atoms with Crippen molar-refractivity contribution in [1.82, 2.24) is 0 Å². The Labute approximate surface area is 57.4 Å². The van der Waals surface area contributed by atoms with Crippen LogP contribution in [-0.4, -0.2) is 19.3 Å². The monoisotopic (exact) mass is 131 g/mol. The molecule has 0 unspecified atom stereocenters. The zero-order valence-electron chi connectivity index (χ0n) is 6.77. The number of hydrogen-bond acceptors (Lipinski definition) is 2. The van der Waals surface area contributed by atoms with Crippen LogP contribution in [0.1, 0.15) is 20.8 Å². The largest absolute Gasteiger partial charge is 0.377 e. The standard InChI is InChI=1S/C7H17NO/c1-6(2)7(3,5-8)9-4/h6H,5,8H2,1-4H3/t7-/m0/s1. The Hall–Kier alpha value is -0.0800. The van der Waals surface area contributed by atoms with Gasteiger partial charge in [0, 0.05) is 13.7 Å². The molecule has 0 aromatic carbocycles. The smallest absolute Gasteiger partial charge is 0.0795 e. The van der Waals surface area contributed by atoms with Gasteiger partial charge in [0.05, 0.1) is 5.60 Å². The van der Waals surface area contributed by atoms with E-state index in [2.05, 4.69) is 13.8 Å². The minimum absolute atomic E-state index is 0.139. The summed E-state index contributed by atoms with van der Waals surface area (Å²) in [4.78, 5) is 0. The summed E-state index contributed by atoms with van der Waals surface area (Å²) in [6, 6.07) is 0. The third kappa shape index (κ3) is 1.95. The van der Waals surface area contributed by atoms with Gasteiger partial charge in [-0.25, -0.2) is 0 Å². The molecule has 0 amide bonds. The Kier molecular flexibility index (Phi) is 3.15. The Balaban J connectivity index is 3.92. The molecule has 0 aromatic heterocycles. The molecule has 0 saturated carbocycles. The lowest BCUT2D eigenvalue weighted by Gasteiger charge is -2.30. The van der Waals surface area contributed by atoms with Crippen molar-refractivity contribution < 1.29 is 4.74 Å². The van der Waals surface area contributed by atoms with Crippen molar-refractivity contribution >= 4 is 0 Å². The third-order valence-electron chi connectivity index (χ3n) is 2.09. The van der Waals surface area contributed by atoms with E-state index in [4.69, 9.17) is 10.5 Å². The van der Waals surface area contributed by atoms with Gasteiger partial charge in [-0.1, -0.05) is 13.8 Å². The second-order valence-electron chi connectivity index (χ2n) is 2.88. The van der Waals surface area contributed by atoms with Crippen LogP contribution in [0.4, 0.5) is 0 Å². The Bertz CT molecular complexity index is 77.0. The van der Waals surface area contributed by atoms with Crippen molar-refractivity contribution in [1.29, 1.82) is 0 Å². The summed E-state index contributed by atoms with van der Waals surface area (Å²) >= 11 is 0. The van der Waals surface area contributed by atoms with Gasteiger partial charge in [0.2, 0.25) is 0 Å². The van der Waals surface area contributed by atoms with Crippen LogP contribution in [0.25, 0.3) is 0 Å². The van der Waals surface area contributed by atoms with Crippen molar-refractivity contribution in [2.75, 3.05) is 13.7 Å². The topological polar surface area (TPSA) is 35.2 Å². The summed E-state index contributed by atoms with van der Waals surface area (Å²) in [7, 11) is 1.70. The van der Waals surface area contributed by atoms with Gasteiger partial charge in [-0.2, -0.15) is 0 Å². The molecule has 0 spiro atoms. The predicted octanol–water partition coefficient (Wildman–Crippen LogP) is 1.01. The molecule has 56 valence electrons. The number of ether oxygens (including phenoxy) is 1. The predicted molar refractivity (Wildman–Crippen MR) is 39.3 cm³/mol. The number of rotatable bonds is 3. The fourth-order valence-electron chi connectivity index (χ4n) is 0.555.